The summed E-state index contributed by atoms with van der Waals surface area (Å²) >= 11 is 6.11. The molecule has 0 radical (unpaired) electrons. The van der Waals surface area contributed by atoms with E-state index in [4.69, 9.17) is 16.3 Å². The van der Waals surface area contributed by atoms with Gasteiger partial charge in [-0.3, -0.25) is 9.10 Å². The van der Waals surface area contributed by atoms with Crippen molar-refractivity contribution in [3.8, 4) is 0 Å². The largest absolute Gasteiger partial charge is 0.462 e. The van der Waals surface area contributed by atoms with Crippen LogP contribution in [0.1, 0.15) is 22.8 Å². The van der Waals surface area contributed by atoms with E-state index in [9.17, 15) is 31.2 Å². The molecule has 0 saturated carbocycles. The number of alkyl halides is 3. The Bertz CT molecular complexity index is 1370. The number of benzene rings is 3. The molecular weight excluding hydrogens is 521 g/mol. The minimum atomic E-state index is -4.78. The van der Waals surface area contributed by atoms with E-state index in [1.807, 2.05) is 0 Å². The third-order valence-electron chi connectivity index (χ3n) is 4.82. The van der Waals surface area contributed by atoms with E-state index in [1.165, 1.54) is 48.5 Å². The molecule has 3 rings (SSSR count). The number of sulfonamides is 1. The lowest BCUT2D eigenvalue weighted by atomic mass is 10.2. The van der Waals surface area contributed by atoms with E-state index in [1.54, 1.807) is 13.0 Å². The zero-order chi connectivity index (χ0) is 26.5. The van der Waals surface area contributed by atoms with Crippen molar-refractivity contribution >= 4 is 44.9 Å². The van der Waals surface area contributed by atoms with Gasteiger partial charge in [0.15, 0.2) is 0 Å². The number of carbonyl (C=O) groups is 2. The van der Waals surface area contributed by atoms with E-state index in [0.29, 0.717) is 16.4 Å². The number of nitrogens with one attached hydrogen (secondary N) is 1. The van der Waals surface area contributed by atoms with Crippen molar-refractivity contribution < 1.29 is 35.9 Å². The van der Waals surface area contributed by atoms with Gasteiger partial charge in [0.05, 0.1) is 33.3 Å². The first kappa shape index (κ1) is 27.0. The molecule has 0 bridgehead atoms. The van der Waals surface area contributed by atoms with Gasteiger partial charge >= 0.3 is 12.1 Å². The van der Waals surface area contributed by atoms with Gasteiger partial charge < -0.3 is 10.1 Å². The van der Waals surface area contributed by atoms with Crippen molar-refractivity contribution in [2.75, 3.05) is 22.8 Å². The minimum absolute atomic E-state index is 0.138. The molecule has 0 spiro atoms. The molecule has 0 heterocycles. The Morgan fingerprint density at radius 1 is 1.00 bits per heavy atom. The summed E-state index contributed by atoms with van der Waals surface area (Å²) in [4.78, 5) is 24.6. The zero-order valence-corrected chi connectivity index (χ0v) is 20.3. The monoisotopic (exact) mass is 540 g/mol. The molecule has 0 aromatic heterocycles. The number of rotatable bonds is 8. The highest BCUT2D eigenvalue weighted by molar-refractivity contribution is 7.92. The Morgan fingerprint density at radius 2 is 1.69 bits per heavy atom. The van der Waals surface area contributed by atoms with Crippen molar-refractivity contribution in [3.05, 3.63) is 88.9 Å². The lowest BCUT2D eigenvalue weighted by Gasteiger charge is -2.26. The highest BCUT2D eigenvalue weighted by atomic mass is 35.5. The molecular formula is C24H20ClF3N2O5S. The Balaban J connectivity index is 2.00. The highest BCUT2D eigenvalue weighted by Crippen LogP contribution is 2.37. The van der Waals surface area contributed by atoms with E-state index in [0.717, 1.165) is 6.07 Å². The summed E-state index contributed by atoms with van der Waals surface area (Å²) in [6.45, 7) is 0.867. The molecule has 190 valence electrons. The number of nitrogens with zero attached hydrogens (tertiary/aromatic N) is 1. The highest BCUT2D eigenvalue weighted by Gasteiger charge is 2.34. The lowest BCUT2D eigenvalue weighted by Crippen LogP contribution is -2.38. The Kier molecular flexibility index (Phi) is 8.26. The maximum Gasteiger partial charge on any atom is 0.416 e. The second-order valence-electron chi connectivity index (χ2n) is 7.34. The molecule has 0 aliphatic heterocycles. The molecule has 1 N–H and O–H groups in total. The van der Waals surface area contributed by atoms with Crippen molar-refractivity contribution in [2.45, 2.75) is 18.0 Å². The van der Waals surface area contributed by atoms with Gasteiger partial charge in [0, 0.05) is 5.69 Å². The summed E-state index contributed by atoms with van der Waals surface area (Å²) in [6, 6.07) is 14.8. The van der Waals surface area contributed by atoms with Gasteiger partial charge in [-0.25, -0.2) is 13.2 Å². The van der Waals surface area contributed by atoms with Crippen LogP contribution < -0.4 is 9.62 Å². The fourth-order valence-corrected chi connectivity index (χ4v) is 4.89. The molecule has 0 fully saturated rings. The molecule has 0 aliphatic carbocycles. The Hall–Kier alpha value is -3.57. The van der Waals surface area contributed by atoms with Gasteiger partial charge in [-0.1, -0.05) is 35.9 Å². The molecule has 36 heavy (non-hydrogen) atoms. The quantitative estimate of drug-likeness (QED) is 0.388. The van der Waals surface area contributed by atoms with Gasteiger partial charge in [-0.05, 0) is 55.5 Å². The van der Waals surface area contributed by atoms with Crippen LogP contribution >= 0.6 is 11.6 Å². The van der Waals surface area contributed by atoms with Crippen LogP contribution in [0.2, 0.25) is 5.02 Å². The lowest BCUT2D eigenvalue weighted by molar-refractivity contribution is -0.137. The van der Waals surface area contributed by atoms with Crippen LogP contribution in [0.5, 0.6) is 0 Å². The SMILES string of the molecule is CCOC(=O)c1cccc(NC(=O)CN(c2cc(C(F)(F)F)ccc2Cl)S(=O)(=O)c2ccccc2)c1. The summed E-state index contributed by atoms with van der Waals surface area (Å²) in [6.07, 6.45) is -4.78. The number of ether oxygens (including phenoxy) is 1. The summed E-state index contributed by atoms with van der Waals surface area (Å²) in [5.74, 6) is -1.51. The average molecular weight is 541 g/mol. The molecule has 1 amide bonds. The Morgan fingerprint density at radius 3 is 2.33 bits per heavy atom. The standard InChI is InChI=1S/C24H20ClF3N2O5S/c1-2-35-23(32)16-7-6-8-18(13-16)29-22(31)15-30(36(33,34)19-9-4-3-5-10-19)21-14-17(24(26,27)28)11-12-20(21)25/h3-14H,2,15H2,1H3,(H,29,31). The molecule has 3 aromatic rings. The van der Waals surface area contributed by atoms with Crippen molar-refractivity contribution in [3.63, 3.8) is 0 Å². The van der Waals surface area contributed by atoms with Gasteiger partial charge in [-0.15, -0.1) is 0 Å². The normalized spacial score (nSPS) is 11.6. The summed E-state index contributed by atoms with van der Waals surface area (Å²) in [5, 5.41) is 2.14. The van der Waals surface area contributed by atoms with E-state index >= 15 is 0 Å². The number of halogens is 4. The molecule has 3 aromatic carbocycles. The van der Waals surface area contributed by atoms with Crippen LogP contribution in [0.3, 0.4) is 0 Å². The van der Waals surface area contributed by atoms with Gasteiger partial charge in [-0.2, -0.15) is 13.2 Å². The second kappa shape index (κ2) is 11.0. The summed E-state index contributed by atoms with van der Waals surface area (Å²) in [5.41, 5.74) is -1.37. The predicted molar refractivity (Wildman–Crippen MR) is 128 cm³/mol. The molecule has 0 saturated heterocycles. The van der Waals surface area contributed by atoms with Crippen LogP contribution in [0.15, 0.2) is 77.7 Å². The van der Waals surface area contributed by atoms with Crippen LogP contribution in [0.25, 0.3) is 0 Å². The third kappa shape index (κ3) is 6.35. The molecule has 0 unspecified atom stereocenters. The smallest absolute Gasteiger partial charge is 0.416 e. The fraction of sp³-hybridized carbons (Fsp3) is 0.167. The fourth-order valence-electron chi connectivity index (χ4n) is 3.17. The predicted octanol–water partition coefficient (Wildman–Crippen LogP) is 5.37. The first-order valence-electron chi connectivity index (χ1n) is 10.4. The number of hydrogen-bond acceptors (Lipinski definition) is 5. The van der Waals surface area contributed by atoms with Gasteiger partial charge in [0.2, 0.25) is 5.91 Å². The number of anilines is 2. The number of esters is 1. The second-order valence-corrected chi connectivity index (χ2v) is 9.61. The van der Waals surface area contributed by atoms with Crippen LogP contribution in [0, 0.1) is 0 Å². The third-order valence-corrected chi connectivity index (χ3v) is 6.91. The number of hydrogen-bond donors (Lipinski definition) is 1. The molecule has 0 aliphatic rings. The molecule has 0 atom stereocenters. The van der Waals surface area contributed by atoms with E-state index < -0.39 is 45.9 Å². The van der Waals surface area contributed by atoms with E-state index in [2.05, 4.69) is 5.32 Å². The zero-order valence-electron chi connectivity index (χ0n) is 18.8. The van der Waals surface area contributed by atoms with Crippen LogP contribution in [-0.2, 0) is 25.7 Å². The first-order chi connectivity index (χ1) is 16.9. The van der Waals surface area contributed by atoms with Gasteiger partial charge in [0.1, 0.15) is 6.54 Å². The van der Waals surface area contributed by atoms with Crippen LogP contribution in [0.4, 0.5) is 24.5 Å². The van der Waals surface area contributed by atoms with E-state index in [-0.39, 0.29) is 27.8 Å². The van der Waals surface area contributed by atoms with Crippen molar-refractivity contribution in [1.82, 2.24) is 0 Å². The first-order valence-corrected chi connectivity index (χ1v) is 12.3. The summed E-state index contributed by atoms with van der Waals surface area (Å²) < 4.78 is 72.3. The average Bonchev–Trinajstić information content (AvgIpc) is 2.83. The maximum atomic E-state index is 13.4. The molecule has 12 heteroatoms. The van der Waals surface area contributed by atoms with Crippen molar-refractivity contribution in [1.29, 1.82) is 0 Å². The topological polar surface area (TPSA) is 92.8 Å². The number of carbonyl (C=O) groups excluding carboxylic acids is 2. The minimum Gasteiger partial charge on any atom is -0.462 e. The van der Waals surface area contributed by atoms with Crippen LogP contribution in [-0.4, -0.2) is 33.4 Å². The maximum absolute atomic E-state index is 13.4. The van der Waals surface area contributed by atoms with Gasteiger partial charge in [0.25, 0.3) is 10.0 Å². The van der Waals surface area contributed by atoms with Crippen molar-refractivity contribution in [2.24, 2.45) is 0 Å². The number of amides is 1. The molecule has 7 nitrogen and oxygen atoms in total. The summed E-state index contributed by atoms with van der Waals surface area (Å²) in [7, 11) is -4.51. The Labute approximate surface area is 210 Å².